The summed E-state index contributed by atoms with van der Waals surface area (Å²) < 4.78 is 29.1. The third-order valence-corrected chi connectivity index (χ3v) is 8.48. The minimum Gasteiger partial charge on any atom is -0.349 e. The molecule has 1 aliphatic rings. The lowest BCUT2D eigenvalue weighted by atomic mass is 10.1. The van der Waals surface area contributed by atoms with Crippen molar-refractivity contribution < 1.29 is 13.2 Å². The molecule has 5 nitrogen and oxygen atoms in total. The maximum Gasteiger partial charge on any atom is 0.264 e. The van der Waals surface area contributed by atoms with Gasteiger partial charge in [-0.2, -0.15) is 0 Å². The highest BCUT2D eigenvalue weighted by molar-refractivity contribution is 7.92. The average Bonchev–Trinajstić information content (AvgIpc) is 3.12. The first-order valence-corrected chi connectivity index (χ1v) is 13.9. The highest BCUT2D eigenvalue weighted by atomic mass is 35.5. The molecule has 3 aromatic carbocycles. The van der Waals surface area contributed by atoms with E-state index in [1.54, 1.807) is 72.8 Å². The van der Waals surface area contributed by atoms with Crippen LogP contribution in [0.2, 0.25) is 5.02 Å². The molecule has 4 rings (SSSR count). The Morgan fingerprint density at radius 3 is 2.20 bits per heavy atom. The molecule has 1 N–H and O–H groups in total. The summed E-state index contributed by atoms with van der Waals surface area (Å²) >= 11 is 6.05. The second-order valence-electron chi connectivity index (χ2n) is 9.13. The van der Waals surface area contributed by atoms with E-state index < -0.39 is 10.0 Å². The molecule has 0 saturated heterocycles. The number of rotatable bonds is 7. The van der Waals surface area contributed by atoms with Crippen molar-refractivity contribution in [2.75, 3.05) is 4.31 Å². The molecule has 0 aliphatic heterocycles. The summed E-state index contributed by atoms with van der Waals surface area (Å²) in [5, 5.41) is 3.74. The number of sulfonamides is 1. The van der Waals surface area contributed by atoms with Crippen LogP contribution < -0.4 is 9.62 Å². The lowest BCUT2D eigenvalue weighted by Crippen LogP contribution is -2.37. The molecule has 0 aromatic heterocycles. The summed E-state index contributed by atoms with van der Waals surface area (Å²) in [5.74, 6) is -0.243. The van der Waals surface area contributed by atoms with Gasteiger partial charge in [-0.05, 0) is 61.7 Å². The predicted octanol–water partition coefficient (Wildman–Crippen LogP) is 6.50. The molecule has 1 fully saturated rings. The molecule has 0 heterocycles. The van der Waals surface area contributed by atoms with Crippen molar-refractivity contribution in [3.63, 3.8) is 0 Å². The Kier molecular flexibility index (Phi) is 8.14. The van der Waals surface area contributed by atoms with Gasteiger partial charge < -0.3 is 5.32 Å². The molecule has 184 valence electrons. The Hall–Kier alpha value is -2.83. The molecule has 0 atom stereocenters. The van der Waals surface area contributed by atoms with Gasteiger partial charge in [-0.3, -0.25) is 9.10 Å². The van der Waals surface area contributed by atoms with Crippen LogP contribution in [0.1, 0.15) is 60.0 Å². The van der Waals surface area contributed by atoms with Gasteiger partial charge in [0.1, 0.15) is 0 Å². The number of anilines is 1. The molecule has 7 heteroatoms. The summed E-state index contributed by atoms with van der Waals surface area (Å²) in [6.45, 7) is 1.98. The molecule has 3 aromatic rings. The van der Waals surface area contributed by atoms with E-state index in [0.29, 0.717) is 16.3 Å². The van der Waals surface area contributed by atoms with Crippen molar-refractivity contribution in [2.45, 2.75) is 62.9 Å². The zero-order valence-electron chi connectivity index (χ0n) is 19.9. The van der Waals surface area contributed by atoms with Crippen molar-refractivity contribution in [3.8, 4) is 0 Å². The molecule has 0 spiro atoms. The van der Waals surface area contributed by atoms with Gasteiger partial charge in [-0.1, -0.05) is 79.2 Å². The van der Waals surface area contributed by atoms with Gasteiger partial charge >= 0.3 is 0 Å². The molecule has 1 amide bonds. The summed E-state index contributed by atoms with van der Waals surface area (Å²) in [6.07, 6.45) is 6.46. The van der Waals surface area contributed by atoms with Crippen LogP contribution in [0.15, 0.2) is 77.7 Å². The van der Waals surface area contributed by atoms with Crippen LogP contribution in [0.3, 0.4) is 0 Å². The third-order valence-electron chi connectivity index (χ3n) is 6.46. The largest absolute Gasteiger partial charge is 0.349 e. The number of nitrogens with zero attached hydrogens (tertiary/aromatic N) is 1. The lowest BCUT2D eigenvalue weighted by Gasteiger charge is -2.27. The number of nitrogens with one attached hydrogen (secondary N) is 1. The first-order valence-electron chi connectivity index (χ1n) is 12.1. The van der Waals surface area contributed by atoms with Crippen LogP contribution in [-0.4, -0.2) is 20.4 Å². The van der Waals surface area contributed by atoms with E-state index in [0.717, 1.165) is 36.8 Å². The average molecular weight is 511 g/mol. The van der Waals surface area contributed by atoms with E-state index in [-0.39, 0.29) is 23.4 Å². The number of halogens is 1. The van der Waals surface area contributed by atoms with Gasteiger partial charge in [0.15, 0.2) is 0 Å². The highest BCUT2D eigenvalue weighted by Gasteiger charge is 2.29. The minimum atomic E-state index is -3.95. The van der Waals surface area contributed by atoms with Crippen molar-refractivity contribution >= 4 is 33.2 Å². The zero-order chi connectivity index (χ0) is 24.8. The first kappa shape index (κ1) is 25.3. The highest BCUT2D eigenvalue weighted by Crippen LogP contribution is 2.30. The molecule has 35 heavy (non-hydrogen) atoms. The SMILES string of the molecule is Cc1ccc(S(=O)(=O)N(Cc2ccc(Cl)cc2)c2ccccc2C(=O)NC2CCCCCC2)cc1. The molecule has 0 radical (unpaired) electrons. The van der Waals surface area contributed by atoms with Crippen LogP contribution in [0.5, 0.6) is 0 Å². The molecular formula is C28H31ClN2O3S. The van der Waals surface area contributed by atoms with Gasteiger partial charge in [0.25, 0.3) is 15.9 Å². The van der Waals surface area contributed by atoms with Crippen LogP contribution in [0, 0.1) is 6.92 Å². The molecule has 1 aliphatic carbocycles. The Labute approximate surface area is 213 Å². The zero-order valence-corrected chi connectivity index (χ0v) is 21.5. The van der Waals surface area contributed by atoms with Crippen molar-refractivity contribution in [1.29, 1.82) is 0 Å². The third kappa shape index (κ3) is 6.24. The fourth-order valence-electron chi connectivity index (χ4n) is 4.46. The van der Waals surface area contributed by atoms with E-state index in [2.05, 4.69) is 5.32 Å². The standard InChI is InChI=1S/C28H31ClN2O3S/c1-21-12-18-25(19-13-21)35(33,34)31(20-22-14-16-23(29)17-15-22)27-11-7-6-10-26(27)28(32)30-24-8-4-2-3-5-9-24/h6-7,10-19,24H,2-5,8-9,20H2,1H3,(H,30,32). The minimum absolute atomic E-state index is 0.0705. The number of amides is 1. The van der Waals surface area contributed by atoms with E-state index >= 15 is 0 Å². The number of benzene rings is 3. The van der Waals surface area contributed by atoms with E-state index in [9.17, 15) is 13.2 Å². The number of carbonyl (C=O) groups excluding carboxylic acids is 1. The van der Waals surface area contributed by atoms with Gasteiger partial charge in [0.2, 0.25) is 0 Å². The number of carbonyl (C=O) groups is 1. The first-order chi connectivity index (χ1) is 16.8. The quantitative estimate of drug-likeness (QED) is 0.369. The monoisotopic (exact) mass is 510 g/mol. The number of para-hydroxylation sites is 1. The Morgan fingerprint density at radius 2 is 1.54 bits per heavy atom. The maximum absolute atomic E-state index is 13.9. The molecule has 0 unspecified atom stereocenters. The van der Waals surface area contributed by atoms with Crippen LogP contribution in [0.25, 0.3) is 0 Å². The van der Waals surface area contributed by atoms with Gasteiger partial charge in [-0.15, -0.1) is 0 Å². The fraction of sp³-hybridized carbons (Fsp3) is 0.321. The number of hydrogen-bond acceptors (Lipinski definition) is 3. The smallest absolute Gasteiger partial charge is 0.264 e. The van der Waals surface area contributed by atoms with E-state index in [1.165, 1.54) is 17.1 Å². The van der Waals surface area contributed by atoms with Crippen molar-refractivity contribution in [3.05, 3.63) is 94.5 Å². The van der Waals surface area contributed by atoms with Crippen molar-refractivity contribution in [2.24, 2.45) is 0 Å². The van der Waals surface area contributed by atoms with Crippen LogP contribution in [-0.2, 0) is 16.6 Å². The summed E-state index contributed by atoms with van der Waals surface area (Å²) in [7, 11) is -3.95. The van der Waals surface area contributed by atoms with E-state index in [1.807, 2.05) is 6.92 Å². The number of hydrogen-bond donors (Lipinski definition) is 1. The fourth-order valence-corrected chi connectivity index (χ4v) is 6.06. The second kappa shape index (κ2) is 11.3. The van der Waals surface area contributed by atoms with Gasteiger partial charge in [0, 0.05) is 11.1 Å². The van der Waals surface area contributed by atoms with Gasteiger partial charge in [-0.25, -0.2) is 8.42 Å². The second-order valence-corrected chi connectivity index (χ2v) is 11.4. The van der Waals surface area contributed by atoms with Gasteiger partial charge in [0.05, 0.1) is 22.7 Å². The van der Waals surface area contributed by atoms with Crippen molar-refractivity contribution in [1.82, 2.24) is 5.32 Å². The normalized spacial score (nSPS) is 14.8. The number of aryl methyl sites for hydroxylation is 1. The maximum atomic E-state index is 13.9. The van der Waals surface area contributed by atoms with Crippen LogP contribution in [0.4, 0.5) is 5.69 Å². The van der Waals surface area contributed by atoms with Crippen LogP contribution >= 0.6 is 11.6 Å². The topological polar surface area (TPSA) is 66.5 Å². The Bertz CT molecular complexity index is 1250. The summed E-state index contributed by atoms with van der Waals surface area (Å²) in [4.78, 5) is 13.6. The summed E-state index contributed by atoms with van der Waals surface area (Å²) in [6, 6.07) is 20.9. The lowest BCUT2D eigenvalue weighted by molar-refractivity contribution is 0.0934. The molecular weight excluding hydrogens is 480 g/mol. The summed E-state index contributed by atoms with van der Waals surface area (Å²) in [5.41, 5.74) is 2.44. The van der Waals surface area contributed by atoms with E-state index in [4.69, 9.17) is 11.6 Å². The Balaban J connectivity index is 1.73. The molecule has 1 saturated carbocycles. The Morgan fingerprint density at radius 1 is 0.914 bits per heavy atom. The predicted molar refractivity (Wildman–Crippen MR) is 141 cm³/mol. The molecule has 0 bridgehead atoms.